The highest BCUT2D eigenvalue weighted by molar-refractivity contribution is 5.80. The fraction of sp³-hybridized carbons (Fsp3) is 0.969. The van der Waals surface area contributed by atoms with E-state index in [-0.39, 0.29) is 0 Å². The Morgan fingerprint density at radius 2 is 0.895 bits per heavy atom. The maximum Gasteiger partial charge on any atom is 0.249 e. The van der Waals surface area contributed by atoms with Gasteiger partial charge in [0.15, 0.2) is 0 Å². The smallest absolute Gasteiger partial charge is 0.249 e. The molecule has 38 heavy (non-hydrogen) atoms. The van der Waals surface area contributed by atoms with E-state index in [1.807, 2.05) is 0 Å². The van der Waals surface area contributed by atoms with Crippen LogP contribution in [0.25, 0.3) is 0 Å². The van der Waals surface area contributed by atoms with Gasteiger partial charge in [0.1, 0.15) is 12.2 Å². The number of hydrogen-bond donors (Lipinski definition) is 5. The van der Waals surface area contributed by atoms with Crippen molar-refractivity contribution in [2.24, 2.45) is 0 Å². The molecular formula is C32H65NO5. The van der Waals surface area contributed by atoms with Crippen molar-refractivity contribution in [3.05, 3.63) is 0 Å². The van der Waals surface area contributed by atoms with E-state index in [4.69, 9.17) is 0 Å². The monoisotopic (exact) mass is 543 g/mol. The number of aliphatic hydroxyl groups excluding tert-OH is 4. The molecule has 0 aromatic rings. The van der Waals surface area contributed by atoms with E-state index in [9.17, 15) is 25.2 Å². The molecule has 0 saturated carbocycles. The van der Waals surface area contributed by atoms with Gasteiger partial charge >= 0.3 is 0 Å². The molecule has 0 aliphatic rings. The van der Waals surface area contributed by atoms with Gasteiger partial charge in [-0.2, -0.15) is 0 Å². The first-order valence-corrected chi connectivity index (χ1v) is 16.4. The van der Waals surface area contributed by atoms with Crippen LogP contribution < -0.4 is 5.32 Å². The normalized spacial score (nSPS) is 14.8. The van der Waals surface area contributed by atoms with Crippen molar-refractivity contribution in [1.82, 2.24) is 5.32 Å². The molecule has 0 bridgehead atoms. The van der Waals surface area contributed by atoms with Crippen LogP contribution in [0.1, 0.15) is 168 Å². The average Bonchev–Trinajstić information content (AvgIpc) is 2.92. The molecule has 1 amide bonds. The maximum absolute atomic E-state index is 12.3. The van der Waals surface area contributed by atoms with E-state index < -0.39 is 36.9 Å². The molecule has 0 heterocycles. The Balaban J connectivity index is 3.76. The number of rotatable bonds is 29. The molecule has 228 valence electrons. The summed E-state index contributed by atoms with van der Waals surface area (Å²) in [4.78, 5) is 12.3. The summed E-state index contributed by atoms with van der Waals surface area (Å²) in [6, 6.07) is -0.974. The number of nitrogens with one attached hydrogen (secondary N) is 1. The van der Waals surface area contributed by atoms with Crippen molar-refractivity contribution in [1.29, 1.82) is 0 Å². The maximum atomic E-state index is 12.3. The number of unbranched alkanes of at least 4 members (excludes halogenated alkanes) is 20. The third-order valence-electron chi connectivity index (χ3n) is 7.82. The van der Waals surface area contributed by atoms with Gasteiger partial charge in [0, 0.05) is 0 Å². The summed E-state index contributed by atoms with van der Waals surface area (Å²) >= 11 is 0. The Kier molecular flexibility index (Phi) is 27.4. The number of carbonyl (C=O) groups is 1. The van der Waals surface area contributed by atoms with Crippen LogP contribution in [0, 0.1) is 0 Å². The first-order valence-electron chi connectivity index (χ1n) is 16.4. The van der Waals surface area contributed by atoms with Crippen molar-refractivity contribution in [2.75, 3.05) is 6.61 Å². The van der Waals surface area contributed by atoms with Crippen LogP contribution in [0.2, 0.25) is 0 Å². The first kappa shape index (κ1) is 37.3. The minimum Gasteiger partial charge on any atom is -0.394 e. The summed E-state index contributed by atoms with van der Waals surface area (Å²) < 4.78 is 0. The summed E-state index contributed by atoms with van der Waals surface area (Å²) in [5.41, 5.74) is 0. The van der Waals surface area contributed by atoms with Crippen molar-refractivity contribution in [3.8, 4) is 0 Å². The third-order valence-corrected chi connectivity index (χ3v) is 7.82. The van der Waals surface area contributed by atoms with E-state index in [1.54, 1.807) is 0 Å². The largest absolute Gasteiger partial charge is 0.394 e. The van der Waals surface area contributed by atoms with Gasteiger partial charge in [-0.1, -0.05) is 155 Å². The molecule has 5 N–H and O–H groups in total. The molecule has 0 spiro atoms. The van der Waals surface area contributed by atoms with Crippen molar-refractivity contribution in [2.45, 2.75) is 192 Å². The fourth-order valence-corrected chi connectivity index (χ4v) is 5.11. The summed E-state index contributed by atoms with van der Waals surface area (Å²) in [6.07, 6.45) is 24.3. The molecule has 0 rings (SSSR count). The Labute approximate surface area is 235 Å². The quantitative estimate of drug-likeness (QED) is 0.0656. The topological polar surface area (TPSA) is 110 Å². The van der Waals surface area contributed by atoms with Gasteiger partial charge < -0.3 is 25.7 Å². The third kappa shape index (κ3) is 22.2. The average molecular weight is 544 g/mol. The van der Waals surface area contributed by atoms with Crippen molar-refractivity contribution in [3.63, 3.8) is 0 Å². The molecule has 6 nitrogen and oxygen atoms in total. The van der Waals surface area contributed by atoms with Gasteiger partial charge in [-0.3, -0.25) is 4.79 Å². The lowest BCUT2D eigenvalue weighted by Crippen LogP contribution is -2.53. The highest BCUT2D eigenvalue weighted by Crippen LogP contribution is 2.15. The van der Waals surface area contributed by atoms with Crippen LogP contribution >= 0.6 is 0 Å². The van der Waals surface area contributed by atoms with E-state index >= 15 is 0 Å². The summed E-state index contributed by atoms with van der Waals surface area (Å²) in [6.45, 7) is 3.95. The molecule has 4 atom stereocenters. The predicted octanol–water partition coefficient (Wildman–Crippen LogP) is 6.95. The van der Waals surface area contributed by atoms with Gasteiger partial charge in [-0.15, -0.1) is 0 Å². The van der Waals surface area contributed by atoms with Crippen LogP contribution in [-0.2, 0) is 4.79 Å². The molecule has 0 radical (unpaired) electrons. The van der Waals surface area contributed by atoms with Gasteiger partial charge in [-0.25, -0.2) is 0 Å². The van der Waals surface area contributed by atoms with Crippen LogP contribution in [-0.4, -0.2) is 57.3 Å². The zero-order valence-electron chi connectivity index (χ0n) is 25.2. The van der Waals surface area contributed by atoms with E-state index in [2.05, 4.69) is 19.2 Å². The SMILES string of the molecule is CCCCCCCCCCCCCCCCCCC(O)C(=O)NC(CO)C(O)C(O)CCCCCCCC. The molecule has 0 aromatic heterocycles. The Morgan fingerprint density at radius 1 is 0.553 bits per heavy atom. The van der Waals surface area contributed by atoms with Crippen LogP contribution in [0.15, 0.2) is 0 Å². The number of aliphatic hydroxyl groups is 4. The standard InChI is InChI=1S/C32H65NO5/c1-3-5-7-9-11-12-13-14-15-16-17-18-19-20-22-24-26-30(36)32(38)33-28(27-34)31(37)29(35)25-23-21-10-8-6-4-2/h28-31,34-37H,3-27H2,1-2H3,(H,33,38). The Hall–Kier alpha value is -0.690. The lowest BCUT2D eigenvalue weighted by Gasteiger charge is -2.27. The summed E-state index contributed by atoms with van der Waals surface area (Å²) in [7, 11) is 0. The molecular weight excluding hydrogens is 478 g/mol. The molecule has 0 aliphatic carbocycles. The Bertz CT molecular complexity index is 504. The first-order chi connectivity index (χ1) is 18.5. The van der Waals surface area contributed by atoms with E-state index in [0.29, 0.717) is 12.8 Å². The van der Waals surface area contributed by atoms with E-state index in [1.165, 1.54) is 103 Å². The second-order valence-corrected chi connectivity index (χ2v) is 11.5. The van der Waals surface area contributed by atoms with Gasteiger partial charge in [0.2, 0.25) is 5.91 Å². The summed E-state index contributed by atoms with van der Waals surface area (Å²) in [5, 5.41) is 43.0. The molecule has 0 aliphatic heterocycles. The highest BCUT2D eigenvalue weighted by Gasteiger charge is 2.28. The second kappa shape index (κ2) is 27.9. The second-order valence-electron chi connectivity index (χ2n) is 11.5. The number of amides is 1. The molecule has 0 aromatic carbocycles. The van der Waals surface area contributed by atoms with Gasteiger partial charge in [0.25, 0.3) is 0 Å². The van der Waals surface area contributed by atoms with Crippen molar-refractivity contribution < 1.29 is 25.2 Å². The van der Waals surface area contributed by atoms with Gasteiger partial charge in [0.05, 0.1) is 18.8 Å². The Morgan fingerprint density at radius 3 is 1.26 bits per heavy atom. The van der Waals surface area contributed by atoms with Gasteiger partial charge in [-0.05, 0) is 12.8 Å². The lowest BCUT2D eigenvalue weighted by molar-refractivity contribution is -0.132. The van der Waals surface area contributed by atoms with E-state index in [0.717, 1.165) is 38.5 Å². The van der Waals surface area contributed by atoms with Crippen molar-refractivity contribution >= 4 is 5.91 Å². The minimum atomic E-state index is -1.25. The molecule has 0 saturated heterocycles. The highest BCUT2D eigenvalue weighted by atomic mass is 16.3. The zero-order chi connectivity index (χ0) is 28.3. The predicted molar refractivity (Wildman–Crippen MR) is 159 cm³/mol. The zero-order valence-corrected chi connectivity index (χ0v) is 25.2. The molecule has 0 fully saturated rings. The molecule has 6 heteroatoms. The fourth-order valence-electron chi connectivity index (χ4n) is 5.11. The lowest BCUT2D eigenvalue weighted by atomic mass is 9.99. The summed E-state index contributed by atoms with van der Waals surface area (Å²) in [5.74, 6) is -0.587. The minimum absolute atomic E-state index is 0.374. The van der Waals surface area contributed by atoms with Crippen LogP contribution in [0.5, 0.6) is 0 Å². The number of carbonyl (C=O) groups excluding carboxylic acids is 1. The molecule has 4 unspecified atom stereocenters. The van der Waals surface area contributed by atoms with Crippen LogP contribution in [0.4, 0.5) is 0 Å². The van der Waals surface area contributed by atoms with Crippen LogP contribution in [0.3, 0.4) is 0 Å². The number of hydrogen-bond acceptors (Lipinski definition) is 5.